The lowest BCUT2D eigenvalue weighted by molar-refractivity contribution is 0.0866. The number of benzene rings is 1. The zero-order valence-electron chi connectivity index (χ0n) is 10.8. The quantitative estimate of drug-likeness (QED) is 0.632. The van der Waals surface area contributed by atoms with Crippen molar-refractivity contribution in [3.63, 3.8) is 0 Å². The minimum Gasteiger partial charge on any atom is -0.319 e. The molecule has 1 rings (SSSR count). The zero-order valence-corrected chi connectivity index (χ0v) is 14.1. The highest BCUT2D eigenvalue weighted by atomic mass is 79.9. The minimum absolute atomic E-state index is 0.0125. The van der Waals surface area contributed by atoms with Crippen LogP contribution in [-0.4, -0.2) is 16.0 Å². The molecule has 1 N–H and O–H groups in total. The minimum atomic E-state index is -4.41. The molecule has 0 aliphatic carbocycles. The van der Waals surface area contributed by atoms with Crippen LogP contribution in [0.1, 0.15) is 36.7 Å². The van der Waals surface area contributed by atoms with E-state index in [-0.39, 0.29) is 10.6 Å². The molecular weight excluding hydrogens is 354 g/mol. The average Bonchev–Trinajstić information content (AvgIpc) is 2.24. The van der Waals surface area contributed by atoms with Gasteiger partial charge in [0, 0.05) is 10.9 Å². The van der Waals surface area contributed by atoms with Crippen molar-refractivity contribution in [1.82, 2.24) is 0 Å². The van der Waals surface area contributed by atoms with Crippen molar-refractivity contribution in [2.75, 3.05) is 0 Å². The second-order valence-electron chi connectivity index (χ2n) is 4.98. The number of carbonyl (C=O) groups excluding carboxylic acids is 1. The Labute approximate surface area is 125 Å². The first-order valence-electron chi connectivity index (χ1n) is 5.49. The molecule has 0 aromatic heterocycles. The highest BCUT2D eigenvalue weighted by molar-refractivity contribution is 9.08. The SMILES string of the molecule is CC(C)(C)OP(=O)(O)C(=O)c1ccc(CBr)cc1Cl. The predicted molar refractivity (Wildman–Crippen MR) is 79.1 cm³/mol. The van der Waals surface area contributed by atoms with Crippen LogP contribution in [0.4, 0.5) is 0 Å². The van der Waals surface area contributed by atoms with E-state index in [1.54, 1.807) is 32.9 Å². The molecule has 0 heterocycles. The van der Waals surface area contributed by atoms with Crippen molar-refractivity contribution >= 4 is 40.7 Å². The van der Waals surface area contributed by atoms with Crippen molar-refractivity contribution in [1.29, 1.82) is 0 Å². The highest BCUT2D eigenvalue weighted by Crippen LogP contribution is 2.49. The van der Waals surface area contributed by atoms with E-state index in [0.717, 1.165) is 5.56 Å². The summed E-state index contributed by atoms with van der Waals surface area (Å²) in [7, 11) is -4.41. The Morgan fingerprint density at radius 1 is 1.47 bits per heavy atom. The fourth-order valence-electron chi connectivity index (χ4n) is 1.38. The first kappa shape index (κ1) is 16.9. The predicted octanol–water partition coefficient (Wildman–Crippen LogP) is 4.38. The summed E-state index contributed by atoms with van der Waals surface area (Å²) < 4.78 is 16.9. The van der Waals surface area contributed by atoms with E-state index in [1.165, 1.54) is 6.07 Å². The number of hydrogen-bond acceptors (Lipinski definition) is 3. The molecule has 0 spiro atoms. The van der Waals surface area contributed by atoms with Crippen molar-refractivity contribution in [3.8, 4) is 0 Å². The van der Waals surface area contributed by atoms with Gasteiger partial charge in [-0.3, -0.25) is 13.9 Å². The van der Waals surface area contributed by atoms with Gasteiger partial charge in [0.05, 0.1) is 10.6 Å². The number of carbonyl (C=O) groups is 1. The number of rotatable bonds is 4. The maximum atomic E-state index is 12.0. The molecule has 1 atom stereocenters. The Hall–Kier alpha value is -0.190. The van der Waals surface area contributed by atoms with Gasteiger partial charge in [-0.25, -0.2) is 0 Å². The van der Waals surface area contributed by atoms with Gasteiger partial charge in [0.15, 0.2) is 0 Å². The van der Waals surface area contributed by atoms with Crippen LogP contribution >= 0.6 is 35.1 Å². The first-order valence-corrected chi connectivity index (χ1v) is 8.57. The highest BCUT2D eigenvalue weighted by Gasteiger charge is 2.37. The standard InChI is InChI=1S/C12H15BrClO4P/c1-12(2,3)18-19(16,17)11(15)9-5-4-8(7-13)6-10(9)14/h4-6H,7H2,1-3H3,(H,16,17). The third-order valence-electron chi connectivity index (χ3n) is 2.07. The van der Waals surface area contributed by atoms with Gasteiger partial charge in [-0.1, -0.05) is 33.6 Å². The van der Waals surface area contributed by atoms with Crippen LogP contribution in [0, 0.1) is 0 Å². The Kier molecular flexibility index (Phi) is 5.38. The molecule has 1 aromatic carbocycles. The van der Waals surface area contributed by atoms with Gasteiger partial charge >= 0.3 is 7.60 Å². The fourth-order valence-corrected chi connectivity index (χ4v) is 3.41. The van der Waals surface area contributed by atoms with E-state index in [9.17, 15) is 14.3 Å². The molecule has 0 aliphatic heterocycles. The van der Waals surface area contributed by atoms with Crippen LogP contribution in [0.3, 0.4) is 0 Å². The first-order chi connectivity index (χ1) is 8.57. The molecule has 19 heavy (non-hydrogen) atoms. The van der Waals surface area contributed by atoms with Gasteiger partial charge in [-0.15, -0.1) is 0 Å². The lowest BCUT2D eigenvalue weighted by Crippen LogP contribution is -2.20. The summed E-state index contributed by atoms with van der Waals surface area (Å²) >= 11 is 9.21. The Morgan fingerprint density at radius 2 is 2.05 bits per heavy atom. The van der Waals surface area contributed by atoms with Gasteiger partial charge < -0.3 is 4.89 Å². The van der Waals surface area contributed by atoms with Gasteiger partial charge in [0.2, 0.25) is 0 Å². The van der Waals surface area contributed by atoms with E-state index in [2.05, 4.69) is 15.9 Å². The Balaban J connectivity index is 3.10. The van der Waals surface area contributed by atoms with Crippen molar-refractivity contribution in [2.24, 2.45) is 0 Å². The van der Waals surface area contributed by atoms with E-state index in [0.29, 0.717) is 5.33 Å². The maximum absolute atomic E-state index is 12.0. The molecule has 1 unspecified atom stereocenters. The van der Waals surface area contributed by atoms with Crippen LogP contribution in [-0.2, 0) is 14.4 Å². The largest absolute Gasteiger partial charge is 0.399 e. The summed E-state index contributed by atoms with van der Waals surface area (Å²) in [6, 6.07) is 4.65. The second kappa shape index (κ2) is 6.06. The number of hydrogen-bond donors (Lipinski definition) is 1. The van der Waals surface area contributed by atoms with Crippen LogP contribution in [0.15, 0.2) is 18.2 Å². The lowest BCUT2D eigenvalue weighted by Gasteiger charge is -2.22. The molecule has 7 heteroatoms. The maximum Gasteiger partial charge on any atom is 0.399 e. The Morgan fingerprint density at radius 3 is 2.47 bits per heavy atom. The van der Waals surface area contributed by atoms with E-state index < -0.39 is 18.7 Å². The number of halogens is 2. The molecule has 0 fully saturated rings. The molecule has 0 saturated carbocycles. The van der Waals surface area contributed by atoms with Crippen molar-refractivity contribution < 1.29 is 18.8 Å². The van der Waals surface area contributed by atoms with Gasteiger partial charge in [-0.05, 0) is 38.5 Å². The monoisotopic (exact) mass is 368 g/mol. The second-order valence-corrected chi connectivity index (χ2v) is 7.57. The van der Waals surface area contributed by atoms with Crippen LogP contribution in [0.2, 0.25) is 5.02 Å². The summed E-state index contributed by atoms with van der Waals surface area (Å²) in [6.45, 7) is 4.79. The van der Waals surface area contributed by atoms with Crippen LogP contribution in [0.5, 0.6) is 0 Å². The molecule has 0 bridgehead atoms. The van der Waals surface area contributed by atoms with E-state index in [4.69, 9.17) is 16.1 Å². The average molecular weight is 370 g/mol. The lowest BCUT2D eigenvalue weighted by atomic mass is 10.2. The van der Waals surface area contributed by atoms with Crippen LogP contribution < -0.4 is 0 Å². The molecule has 0 radical (unpaired) electrons. The molecule has 4 nitrogen and oxygen atoms in total. The van der Waals surface area contributed by atoms with Gasteiger partial charge in [0.1, 0.15) is 0 Å². The molecule has 0 saturated heterocycles. The number of alkyl halides is 1. The third-order valence-corrected chi connectivity index (χ3v) is 4.58. The smallest absolute Gasteiger partial charge is 0.319 e. The summed E-state index contributed by atoms with van der Waals surface area (Å²) in [5, 5.41) is 0.713. The summed E-state index contributed by atoms with van der Waals surface area (Å²) in [5.41, 5.74) is -1.04. The molecule has 0 amide bonds. The molecule has 0 aliphatic rings. The normalized spacial score (nSPS) is 15.1. The van der Waals surface area contributed by atoms with Gasteiger partial charge in [0.25, 0.3) is 5.52 Å². The van der Waals surface area contributed by atoms with E-state index in [1.807, 2.05) is 0 Å². The van der Waals surface area contributed by atoms with E-state index >= 15 is 0 Å². The molecular formula is C12H15BrClO4P. The third kappa shape index (κ3) is 4.69. The Bertz CT molecular complexity index is 539. The fraction of sp³-hybridized carbons (Fsp3) is 0.417. The summed E-state index contributed by atoms with van der Waals surface area (Å²) in [5.74, 6) is 0. The molecule has 106 valence electrons. The zero-order chi connectivity index (χ0) is 14.8. The summed E-state index contributed by atoms with van der Waals surface area (Å²) in [6.07, 6.45) is 0. The molecule has 1 aromatic rings. The van der Waals surface area contributed by atoms with Crippen molar-refractivity contribution in [2.45, 2.75) is 31.7 Å². The van der Waals surface area contributed by atoms with Gasteiger partial charge in [-0.2, -0.15) is 0 Å². The topological polar surface area (TPSA) is 63.6 Å². The summed E-state index contributed by atoms with van der Waals surface area (Å²) in [4.78, 5) is 21.8. The van der Waals surface area contributed by atoms with Crippen molar-refractivity contribution in [3.05, 3.63) is 34.3 Å². The van der Waals surface area contributed by atoms with Crippen LogP contribution in [0.25, 0.3) is 0 Å².